The number of rotatable bonds is 9. The smallest absolute Gasteiger partial charge is 0.261 e. The third-order valence-corrected chi connectivity index (χ3v) is 6.12. The van der Waals surface area contributed by atoms with E-state index in [1.165, 1.54) is 12.1 Å². The van der Waals surface area contributed by atoms with Crippen LogP contribution in [0, 0.1) is 0 Å². The third-order valence-electron chi connectivity index (χ3n) is 4.16. The van der Waals surface area contributed by atoms with E-state index < -0.39 is 10.0 Å². The molecular weight excluding hydrogens is 459 g/mol. The first-order valence-corrected chi connectivity index (χ1v) is 11.6. The standard InChI is InChI=1S/C22H22Cl2N2O4S/c1-26(2)13-14-29-22-15-17(5-12-21(22)24)25-31(27,28)20-10-8-19(9-11-20)30-18-6-3-16(23)4-7-18/h3-12,15,25H,13-14H2,1-2H3. The van der Waals surface area contributed by atoms with E-state index in [4.69, 9.17) is 32.7 Å². The van der Waals surface area contributed by atoms with Gasteiger partial charge in [0.25, 0.3) is 10.0 Å². The number of hydrogen-bond acceptors (Lipinski definition) is 5. The molecule has 0 saturated carbocycles. The minimum absolute atomic E-state index is 0.0981. The maximum absolute atomic E-state index is 12.8. The van der Waals surface area contributed by atoms with Crippen molar-refractivity contribution in [3.8, 4) is 17.2 Å². The Hall–Kier alpha value is -2.45. The van der Waals surface area contributed by atoms with Crippen LogP contribution in [0.15, 0.2) is 71.6 Å². The number of sulfonamides is 1. The Morgan fingerprint density at radius 1 is 0.903 bits per heavy atom. The molecular formula is C22H22Cl2N2O4S. The van der Waals surface area contributed by atoms with E-state index in [9.17, 15) is 8.42 Å². The van der Waals surface area contributed by atoms with Crippen LogP contribution in [0.25, 0.3) is 0 Å². The van der Waals surface area contributed by atoms with Crippen molar-refractivity contribution in [3.63, 3.8) is 0 Å². The second-order valence-corrected chi connectivity index (χ2v) is 9.46. The van der Waals surface area contributed by atoms with Gasteiger partial charge in [-0.1, -0.05) is 23.2 Å². The molecule has 1 N–H and O–H groups in total. The molecule has 0 aliphatic rings. The summed E-state index contributed by atoms with van der Waals surface area (Å²) in [7, 11) is 0.0617. The normalized spacial score (nSPS) is 11.4. The molecule has 9 heteroatoms. The van der Waals surface area contributed by atoms with Crippen LogP contribution in [-0.2, 0) is 10.0 Å². The molecule has 3 aromatic rings. The number of benzene rings is 3. The molecule has 164 valence electrons. The lowest BCUT2D eigenvalue weighted by atomic mass is 10.3. The quantitative estimate of drug-likeness (QED) is 0.436. The summed E-state index contributed by atoms with van der Waals surface area (Å²) in [5, 5.41) is 1.01. The van der Waals surface area contributed by atoms with Crippen LogP contribution in [-0.4, -0.2) is 40.6 Å². The number of nitrogens with one attached hydrogen (secondary N) is 1. The summed E-state index contributed by atoms with van der Waals surface area (Å²) < 4.78 is 39.4. The first-order chi connectivity index (χ1) is 14.7. The lowest BCUT2D eigenvalue weighted by Crippen LogP contribution is -2.19. The van der Waals surface area contributed by atoms with E-state index in [1.807, 2.05) is 19.0 Å². The molecule has 0 bridgehead atoms. The van der Waals surface area contributed by atoms with Gasteiger partial charge in [0.2, 0.25) is 0 Å². The van der Waals surface area contributed by atoms with Gasteiger partial charge in [0.05, 0.1) is 15.6 Å². The Kier molecular flexibility index (Phi) is 7.67. The van der Waals surface area contributed by atoms with E-state index in [0.29, 0.717) is 46.1 Å². The molecule has 0 radical (unpaired) electrons. The van der Waals surface area contributed by atoms with Crippen LogP contribution >= 0.6 is 23.2 Å². The Bertz CT molecular complexity index is 1120. The van der Waals surface area contributed by atoms with Gasteiger partial charge in [-0.2, -0.15) is 0 Å². The highest BCUT2D eigenvalue weighted by Crippen LogP contribution is 2.30. The highest BCUT2D eigenvalue weighted by Gasteiger charge is 2.15. The monoisotopic (exact) mass is 480 g/mol. The first kappa shape index (κ1) is 23.2. The minimum Gasteiger partial charge on any atom is -0.491 e. The zero-order valence-corrected chi connectivity index (χ0v) is 19.3. The van der Waals surface area contributed by atoms with Gasteiger partial charge in [0.15, 0.2) is 0 Å². The summed E-state index contributed by atoms with van der Waals surface area (Å²) in [6.07, 6.45) is 0. The topological polar surface area (TPSA) is 67.9 Å². The van der Waals surface area contributed by atoms with Crippen molar-refractivity contribution in [2.24, 2.45) is 0 Å². The fourth-order valence-electron chi connectivity index (χ4n) is 2.56. The lowest BCUT2D eigenvalue weighted by Gasteiger charge is -2.14. The first-order valence-electron chi connectivity index (χ1n) is 9.36. The molecule has 0 fully saturated rings. The third kappa shape index (κ3) is 6.77. The average Bonchev–Trinajstić information content (AvgIpc) is 2.72. The van der Waals surface area contributed by atoms with Gasteiger partial charge < -0.3 is 14.4 Å². The minimum atomic E-state index is -3.80. The highest BCUT2D eigenvalue weighted by atomic mass is 35.5. The summed E-state index contributed by atoms with van der Waals surface area (Å²) in [5.41, 5.74) is 0.353. The lowest BCUT2D eigenvalue weighted by molar-refractivity contribution is 0.261. The molecule has 0 heterocycles. The van der Waals surface area contributed by atoms with Crippen LogP contribution in [0.5, 0.6) is 17.2 Å². The Morgan fingerprint density at radius 2 is 1.52 bits per heavy atom. The molecule has 0 atom stereocenters. The van der Waals surface area contributed by atoms with Crippen molar-refractivity contribution >= 4 is 38.9 Å². The summed E-state index contributed by atoms with van der Waals surface area (Å²) >= 11 is 12.0. The Labute approximate surface area is 192 Å². The van der Waals surface area contributed by atoms with Gasteiger partial charge in [-0.05, 0) is 74.8 Å². The fourth-order valence-corrected chi connectivity index (χ4v) is 3.90. The van der Waals surface area contributed by atoms with E-state index >= 15 is 0 Å². The van der Waals surface area contributed by atoms with E-state index in [-0.39, 0.29) is 4.90 Å². The molecule has 31 heavy (non-hydrogen) atoms. The van der Waals surface area contributed by atoms with Crippen molar-refractivity contribution in [3.05, 3.63) is 76.8 Å². The maximum atomic E-state index is 12.8. The molecule has 3 aromatic carbocycles. The van der Waals surface area contributed by atoms with Crippen LogP contribution in [0.4, 0.5) is 5.69 Å². The number of nitrogens with zero attached hydrogens (tertiary/aromatic N) is 1. The summed E-state index contributed by atoms with van der Waals surface area (Å²) in [5.74, 6) is 1.51. The number of ether oxygens (including phenoxy) is 2. The molecule has 6 nitrogen and oxygen atoms in total. The fraction of sp³-hybridized carbons (Fsp3) is 0.182. The van der Waals surface area contributed by atoms with Crippen molar-refractivity contribution in [2.75, 3.05) is 32.0 Å². The molecule has 0 saturated heterocycles. The van der Waals surface area contributed by atoms with Gasteiger partial charge in [-0.3, -0.25) is 4.72 Å². The average molecular weight is 481 g/mol. The van der Waals surface area contributed by atoms with Crippen molar-refractivity contribution in [2.45, 2.75) is 4.90 Å². The van der Waals surface area contributed by atoms with E-state index in [0.717, 1.165) is 0 Å². The van der Waals surface area contributed by atoms with Gasteiger partial charge >= 0.3 is 0 Å². The van der Waals surface area contributed by atoms with Gasteiger partial charge in [0, 0.05) is 17.6 Å². The zero-order valence-electron chi connectivity index (χ0n) is 17.0. The van der Waals surface area contributed by atoms with E-state index in [1.54, 1.807) is 54.6 Å². The van der Waals surface area contributed by atoms with Crippen LogP contribution < -0.4 is 14.2 Å². The maximum Gasteiger partial charge on any atom is 0.261 e. The summed E-state index contributed by atoms with van der Waals surface area (Å²) in [6, 6.07) is 17.7. The Balaban J connectivity index is 1.69. The van der Waals surface area contributed by atoms with Crippen molar-refractivity contribution < 1.29 is 17.9 Å². The molecule has 0 amide bonds. The Morgan fingerprint density at radius 3 is 2.13 bits per heavy atom. The molecule has 0 aliphatic heterocycles. The molecule has 0 aliphatic carbocycles. The molecule has 0 aromatic heterocycles. The predicted molar refractivity (Wildman–Crippen MR) is 124 cm³/mol. The number of likely N-dealkylation sites (N-methyl/N-ethyl adjacent to an activating group) is 1. The number of hydrogen-bond donors (Lipinski definition) is 1. The number of anilines is 1. The van der Waals surface area contributed by atoms with Crippen LogP contribution in [0.2, 0.25) is 10.0 Å². The summed E-state index contributed by atoms with van der Waals surface area (Å²) in [4.78, 5) is 2.07. The van der Waals surface area contributed by atoms with E-state index in [2.05, 4.69) is 4.72 Å². The predicted octanol–water partition coefficient (Wildman–Crippen LogP) is 5.53. The second-order valence-electron chi connectivity index (χ2n) is 6.93. The highest BCUT2D eigenvalue weighted by molar-refractivity contribution is 7.92. The van der Waals surface area contributed by atoms with Gasteiger partial charge in [-0.25, -0.2) is 8.42 Å². The van der Waals surface area contributed by atoms with Crippen LogP contribution in [0.1, 0.15) is 0 Å². The SMILES string of the molecule is CN(C)CCOc1cc(NS(=O)(=O)c2ccc(Oc3ccc(Cl)cc3)cc2)ccc1Cl. The van der Waals surface area contributed by atoms with Gasteiger partial charge in [-0.15, -0.1) is 0 Å². The van der Waals surface area contributed by atoms with Gasteiger partial charge in [0.1, 0.15) is 23.9 Å². The van der Waals surface area contributed by atoms with Crippen molar-refractivity contribution in [1.82, 2.24) is 4.90 Å². The van der Waals surface area contributed by atoms with Crippen molar-refractivity contribution in [1.29, 1.82) is 0 Å². The molecule has 3 rings (SSSR count). The van der Waals surface area contributed by atoms with Crippen LogP contribution in [0.3, 0.4) is 0 Å². The largest absolute Gasteiger partial charge is 0.491 e. The molecule has 0 unspecified atom stereocenters. The number of halogens is 2. The second kappa shape index (κ2) is 10.2. The zero-order chi connectivity index (χ0) is 22.4. The molecule has 0 spiro atoms. The summed E-state index contributed by atoms with van der Waals surface area (Å²) in [6.45, 7) is 1.13.